The molecule has 3 aromatic rings. The van der Waals surface area contributed by atoms with E-state index in [1.807, 2.05) is 30.3 Å². The van der Waals surface area contributed by atoms with E-state index in [2.05, 4.69) is 27.8 Å². The lowest BCUT2D eigenvalue weighted by Gasteiger charge is -2.02. The molecule has 0 bridgehead atoms. The van der Waals surface area contributed by atoms with Crippen LogP contribution in [0.25, 0.3) is 10.9 Å². The molecule has 4 nitrogen and oxygen atoms in total. The first-order chi connectivity index (χ1) is 9.74. The van der Waals surface area contributed by atoms with E-state index in [0.29, 0.717) is 11.2 Å². The van der Waals surface area contributed by atoms with Gasteiger partial charge in [-0.05, 0) is 48.5 Å². The summed E-state index contributed by atoms with van der Waals surface area (Å²) in [6.45, 7) is 0. The molecule has 3 rings (SSSR count). The van der Waals surface area contributed by atoms with E-state index in [1.54, 1.807) is 24.4 Å². The Balaban J connectivity index is 2.03. The molecule has 0 atom stereocenters. The van der Waals surface area contributed by atoms with E-state index in [4.69, 9.17) is 0 Å². The third-order valence-electron chi connectivity index (χ3n) is 2.85. The molecule has 0 unspecified atom stereocenters. The SMILES string of the molecule is Oc1ccc(N=Nc2ccc(S)cc2)c2cccnc12. The Kier molecular flexibility index (Phi) is 3.35. The summed E-state index contributed by atoms with van der Waals surface area (Å²) in [7, 11) is 0. The summed E-state index contributed by atoms with van der Waals surface area (Å²) in [5.41, 5.74) is 1.93. The Morgan fingerprint density at radius 1 is 0.950 bits per heavy atom. The van der Waals surface area contributed by atoms with Gasteiger partial charge < -0.3 is 5.11 Å². The number of phenols is 1. The van der Waals surface area contributed by atoms with Crippen LogP contribution in [0.4, 0.5) is 11.4 Å². The van der Waals surface area contributed by atoms with E-state index in [0.717, 1.165) is 16.0 Å². The lowest BCUT2D eigenvalue weighted by Crippen LogP contribution is -1.79. The number of rotatable bonds is 2. The third kappa shape index (κ3) is 2.48. The van der Waals surface area contributed by atoms with Gasteiger partial charge >= 0.3 is 0 Å². The number of thiol groups is 1. The van der Waals surface area contributed by atoms with Crippen LogP contribution in [0, 0.1) is 0 Å². The number of aromatic hydroxyl groups is 1. The molecule has 2 aromatic carbocycles. The number of phenolic OH excluding ortho intramolecular Hbond substituents is 1. The van der Waals surface area contributed by atoms with Gasteiger partial charge in [0, 0.05) is 16.5 Å². The molecule has 0 amide bonds. The third-order valence-corrected chi connectivity index (χ3v) is 3.15. The molecule has 1 heterocycles. The van der Waals surface area contributed by atoms with Gasteiger partial charge in [-0.3, -0.25) is 4.98 Å². The Bertz CT molecular complexity index is 785. The molecule has 98 valence electrons. The van der Waals surface area contributed by atoms with Crippen LogP contribution in [0.1, 0.15) is 0 Å². The summed E-state index contributed by atoms with van der Waals surface area (Å²) in [4.78, 5) is 5.02. The van der Waals surface area contributed by atoms with Crippen LogP contribution in [0.5, 0.6) is 5.75 Å². The monoisotopic (exact) mass is 281 g/mol. The molecule has 0 saturated carbocycles. The van der Waals surface area contributed by atoms with Crippen LogP contribution in [-0.4, -0.2) is 10.1 Å². The average molecular weight is 281 g/mol. The van der Waals surface area contributed by atoms with Crippen molar-refractivity contribution in [1.82, 2.24) is 4.98 Å². The molecule has 5 heteroatoms. The minimum atomic E-state index is 0.138. The number of azo groups is 1. The lowest BCUT2D eigenvalue weighted by molar-refractivity contribution is 0.480. The fraction of sp³-hybridized carbons (Fsp3) is 0. The minimum Gasteiger partial charge on any atom is -0.506 e. The van der Waals surface area contributed by atoms with E-state index in [1.165, 1.54) is 0 Å². The summed E-state index contributed by atoms with van der Waals surface area (Å²) < 4.78 is 0. The van der Waals surface area contributed by atoms with Crippen LogP contribution in [-0.2, 0) is 0 Å². The van der Waals surface area contributed by atoms with Crippen molar-refractivity contribution in [2.24, 2.45) is 10.2 Å². The summed E-state index contributed by atoms with van der Waals surface area (Å²) in [6.07, 6.45) is 1.63. The van der Waals surface area contributed by atoms with Gasteiger partial charge in [-0.2, -0.15) is 5.11 Å². The minimum absolute atomic E-state index is 0.138. The molecular formula is C15H11N3OS. The van der Waals surface area contributed by atoms with Crippen LogP contribution < -0.4 is 0 Å². The highest BCUT2D eigenvalue weighted by Crippen LogP contribution is 2.31. The first kappa shape index (κ1) is 12.6. The number of hydrogen-bond acceptors (Lipinski definition) is 5. The maximum Gasteiger partial charge on any atom is 0.141 e. The van der Waals surface area contributed by atoms with Crippen molar-refractivity contribution in [2.45, 2.75) is 4.90 Å². The van der Waals surface area contributed by atoms with E-state index in [-0.39, 0.29) is 5.75 Å². The van der Waals surface area contributed by atoms with Crippen LogP contribution >= 0.6 is 12.6 Å². The number of fused-ring (bicyclic) bond motifs is 1. The zero-order valence-corrected chi connectivity index (χ0v) is 11.3. The van der Waals surface area contributed by atoms with Gasteiger partial charge in [0.25, 0.3) is 0 Å². The predicted octanol–water partition coefficient (Wildman–Crippen LogP) is 4.64. The standard InChI is InChI=1S/C15H11N3OS/c19-14-8-7-13(12-2-1-9-16-15(12)14)18-17-10-3-5-11(20)6-4-10/h1-9,19-20H. The molecule has 20 heavy (non-hydrogen) atoms. The first-order valence-corrected chi connectivity index (χ1v) is 6.46. The molecule has 0 radical (unpaired) electrons. The molecule has 0 aliphatic carbocycles. The van der Waals surface area contributed by atoms with Crippen LogP contribution in [0.2, 0.25) is 0 Å². The highest BCUT2D eigenvalue weighted by Gasteiger charge is 2.05. The van der Waals surface area contributed by atoms with Crippen molar-refractivity contribution < 1.29 is 5.11 Å². The van der Waals surface area contributed by atoms with Crippen molar-refractivity contribution in [3.05, 3.63) is 54.7 Å². The normalized spacial score (nSPS) is 11.2. The van der Waals surface area contributed by atoms with Crippen LogP contribution in [0.15, 0.2) is 69.9 Å². The second kappa shape index (κ2) is 5.30. The van der Waals surface area contributed by atoms with Gasteiger partial charge in [0.1, 0.15) is 11.3 Å². The molecule has 1 aromatic heterocycles. The second-order valence-corrected chi connectivity index (χ2v) is 4.74. The average Bonchev–Trinajstić information content (AvgIpc) is 2.49. The second-order valence-electron chi connectivity index (χ2n) is 4.22. The Labute approximate surface area is 121 Å². The molecule has 0 aliphatic rings. The zero-order valence-electron chi connectivity index (χ0n) is 10.4. The predicted molar refractivity (Wildman–Crippen MR) is 81.3 cm³/mol. The molecule has 1 N–H and O–H groups in total. The number of nitrogens with zero attached hydrogens (tertiary/aromatic N) is 3. The Hall–Kier alpha value is -2.40. The first-order valence-electron chi connectivity index (χ1n) is 6.01. The quantitative estimate of drug-likeness (QED) is 0.531. The fourth-order valence-electron chi connectivity index (χ4n) is 1.86. The largest absolute Gasteiger partial charge is 0.506 e. The van der Waals surface area contributed by atoms with Gasteiger partial charge in [0.15, 0.2) is 0 Å². The van der Waals surface area contributed by atoms with Crippen LogP contribution in [0.3, 0.4) is 0 Å². The summed E-state index contributed by atoms with van der Waals surface area (Å²) in [6, 6.07) is 14.3. The summed E-state index contributed by atoms with van der Waals surface area (Å²) in [5.74, 6) is 0.138. The van der Waals surface area contributed by atoms with Crippen molar-refractivity contribution in [1.29, 1.82) is 0 Å². The van der Waals surface area contributed by atoms with Gasteiger partial charge in [0.2, 0.25) is 0 Å². The van der Waals surface area contributed by atoms with E-state index >= 15 is 0 Å². The Morgan fingerprint density at radius 2 is 1.75 bits per heavy atom. The molecule has 0 fully saturated rings. The summed E-state index contributed by atoms with van der Waals surface area (Å²) in [5, 5.41) is 18.9. The van der Waals surface area contributed by atoms with Gasteiger partial charge in [0.05, 0.1) is 11.4 Å². The van der Waals surface area contributed by atoms with Crippen molar-refractivity contribution in [3.63, 3.8) is 0 Å². The van der Waals surface area contributed by atoms with E-state index in [9.17, 15) is 5.11 Å². The van der Waals surface area contributed by atoms with Crippen molar-refractivity contribution >= 4 is 34.9 Å². The number of hydrogen-bond donors (Lipinski definition) is 2. The number of aromatic nitrogens is 1. The van der Waals surface area contributed by atoms with Gasteiger partial charge in [-0.1, -0.05) is 0 Å². The summed E-state index contributed by atoms with van der Waals surface area (Å²) >= 11 is 4.22. The number of benzene rings is 2. The van der Waals surface area contributed by atoms with Gasteiger partial charge in [-0.15, -0.1) is 17.7 Å². The topological polar surface area (TPSA) is 57.8 Å². The van der Waals surface area contributed by atoms with Gasteiger partial charge in [-0.25, -0.2) is 0 Å². The smallest absolute Gasteiger partial charge is 0.141 e. The van der Waals surface area contributed by atoms with Crippen molar-refractivity contribution in [2.75, 3.05) is 0 Å². The molecule has 0 spiro atoms. The highest BCUT2D eigenvalue weighted by atomic mass is 32.1. The molecular weight excluding hydrogens is 270 g/mol. The maximum absolute atomic E-state index is 9.77. The molecule has 0 saturated heterocycles. The fourth-order valence-corrected chi connectivity index (χ4v) is 2.01. The zero-order chi connectivity index (χ0) is 13.9. The highest BCUT2D eigenvalue weighted by molar-refractivity contribution is 7.80. The van der Waals surface area contributed by atoms with E-state index < -0.39 is 0 Å². The maximum atomic E-state index is 9.77. The lowest BCUT2D eigenvalue weighted by atomic mass is 10.2. The Morgan fingerprint density at radius 3 is 2.55 bits per heavy atom. The molecule has 0 aliphatic heterocycles. The number of pyridine rings is 1. The van der Waals surface area contributed by atoms with Crippen molar-refractivity contribution in [3.8, 4) is 5.75 Å².